The summed E-state index contributed by atoms with van der Waals surface area (Å²) in [6.45, 7) is 10.4. The minimum Gasteiger partial charge on any atom is -0.500 e. The van der Waals surface area contributed by atoms with Gasteiger partial charge in [-0.2, -0.15) is 0 Å². The normalized spacial score (nSPS) is 10.9. The first kappa shape index (κ1) is 32.0. The number of pyridine rings is 3. The van der Waals surface area contributed by atoms with Gasteiger partial charge in [-0.3, -0.25) is 4.98 Å². The molecule has 0 saturated carbocycles. The number of hydrogen-bond donors (Lipinski definition) is 0. The fourth-order valence-electron chi connectivity index (χ4n) is 5.96. The largest absolute Gasteiger partial charge is 0.500 e. The van der Waals surface area contributed by atoms with Gasteiger partial charge in [0.25, 0.3) is 0 Å². The summed E-state index contributed by atoms with van der Waals surface area (Å²) in [5.41, 5.74) is 13.7. The molecule has 4 aromatic heterocycles. The predicted molar refractivity (Wildman–Crippen MR) is 189 cm³/mol. The van der Waals surface area contributed by atoms with Crippen molar-refractivity contribution in [1.29, 1.82) is 0 Å². The first-order valence-corrected chi connectivity index (χ1v) is 15.4. The van der Waals surface area contributed by atoms with E-state index in [4.69, 9.17) is 4.42 Å². The van der Waals surface area contributed by atoms with Crippen LogP contribution in [0.3, 0.4) is 0 Å². The van der Waals surface area contributed by atoms with Gasteiger partial charge in [-0.25, -0.2) is 0 Å². The minimum atomic E-state index is 0. The fourth-order valence-corrected chi connectivity index (χ4v) is 5.96. The SMILES string of the molecule is Cc1cc2c(ccc3c4cc[c-]c(-c5ccccn5)c4oc23)c(C)n1.Cc1cnc(-c2[c-]cc(C)c(-c3ccccc3)c2)cc1C.[Ir]. The van der Waals surface area contributed by atoms with E-state index in [2.05, 4.69) is 115 Å². The summed E-state index contributed by atoms with van der Waals surface area (Å²) in [6, 6.07) is 39.7. The Labute approximate surface area is 288 Å². The van der Waals surface area contributed by atoms with Crippen LogP contribution in [0.1, 0.15) is 28.1 Å². The van der Waals surface area contributed by atoms with Gasteiger partial charge in [-0.05, 0) is 62.3 Å². The molecular formula is C42H33IrN3O-2. The van der Waals surface area contributed by atoms with Gasteiger partial charge in [0.15, 0.2) is 0 Å². The van der Waals surface area contributed by atoms with Crippen molar-refractivity contribution in [1.82, 2.24) is 15.0 Å². The smallest absolute Gasteiger partial charge is 0.128 e. The first-order valence-electron chi connectivity index (χ1n) is 15.4. The van der Waals surface area contributed by atoms with E-state index >= 15 is 0 Å². The van der Waals surface area contributed by atoms with Crippen LogP contribution in [0.15, 0.2) is 114 Å². The molecule has 0 atom stereocenters. The molecule has 0 spiro atoms. The molecule has 5 heteroatoms. The van der Waals surface area contributed by atoms with Crippen LogP contribution in [0, 0.1) is 46.8 Å². The van der Waals surface area contributed by atoms with E-state index in [1.165, 1.54) is 27.8 Å². The number of rotatable bonds is 3. The van der Waals surface area contributed by atoms with Crippen molar-refractivity contribution in [3.8, 4) is 33.6 Å². The predicted octanol–water partition coefficient (Wildman–Crippen LogP) is 10.8. The molecule has 1 radical (unpaired) electrons. The summed E-state index contributed by atoms with van der Waals surface area (Å²) in [5.74, 6) is 0. The van der Waals surface area contributed by atoms with Gasteiger partial charge in [-0.15, -0.1) is 47.5 Å². The van der Waals surface area contributed by atoms with Crippen molar-refractivity contribution >= 4 is 32.7 Å². The van der Waals surface area contributed by atoms with Crippen molar-refractivity contribution in [2.45, 2.75) is 34.6 Å². The molecule has 4 heterocycles. The van der Waals surface area contributed by atoms with Gasteiger partial charge in [0.1, 0.15) is 5.58 Å². The van der Waals surface area contributed by atoms with E-state index in [9.17, 15) is 0 Å². The van der Waals surface area contributed by atoms with Crippen LogP contribution < -0.4 is 0 Å². The third-order valence-corrected chi connectivity index (χ3v) is 8.54. The number of benzene rings is 4. The van der Waals surface area contributed by atoms with E-state index in [-0.39, 0.29) is 20.1 Å². The molecule has 0 unspecified atom stereocenters. The third kappa shape index (κ3) is 6.25. The second-order valence-corrected chi connectivity index (χ2v) is 11.8. The van der Waals surface area contributed by atoms with Gasteiger partial charge in [0.2, 0.25) is 0 Å². The fraction of sp³-hybridized carbons (Fsp3) is 0.119. The van der Waals surface area contributed by atoms with Gasteiger partial charge >= 0.3 is 0 Å². The van der Waals surface area contributed by atoms with Crippen molar-refractivity contribution < 1.29 is 24.5 Å². The van der Waals surface area contributed by atoms with Crippen molar-refractivity contribution in [2.24, 2.45) is 0 Å². The average molecular weight is 788 g/mol. The van der Waals surface area contributed by atoms with E-state index in [1.807, 2.05) is 50.4 Å². The average Bonchev–Trinajstić information content (AvgIpc) is 3.47. The topological polar surface area (TPSA) is 51.8 Å². The van der Waals surface area contributed by atoms with Crippen molar-refractivity contribution in [2.75, 3.05) is 0 Å². The van der Waals surface area contributed by atoms with Crippen LogP contribution in [0.2, 0.25) is 0 Å². The standard InChI is InChI=1S/C22H15N2O.C20H18N.Ir/c1-13-12-19-15(14(2)24-13)9-10-17-16-6-5-7-18(21(16)25-22(17)19)20-8-3-4-11-23-20;1-14-9-10-18(20-11-15(2)16(3)13-21-20)12-19(14)17-7-5-4-6-8-17;/h3-6,8-12H,1-2H3;4-9,11-13H,1-3H3;/q2*-1;. The Morgan fingerprint density at radius 2 is 1.38 bits per heavy atom. The maximum atomic E-state index is 6.36. The van der Waals surface area contributed by atoms with Gasteiger partial charge < -0.3 is 14.4 Å². The van der Waals surface area contributed by atoms with Gasteiger partial charge in [0.05, 0.1) is 5.58 Å². The maximum Gasteiger partial charge on any atom is 0.128 e. The molecule has 0 amide bonds. The molecule has 47 heavy (non-hydrogen) atoms. The second-order valence-electron chi connectivity index (χ2n) is 11.8. The quantitative estimate of drug-likeness (QED) is 0.167. The zero-order valence-corrected chi connectivity index (χ0v) is 29.4. The van der Waals surface area contributed by atoms with E-state index in [1.54, 1.807) is 6.20 Å². The molecule has 8 rings (SSSR count). The van der Waals surface area contributed by atoms with Crippen molar-refractivity contribution in [3.05, 3.63) is 150 Å². The summed E-state index contributed by atoms with van der Waals surface area (Å²) >= 11 is 0. The Morgan fingerprint density at radius 1 is 0.617 bits per heavy atom. The number of furan rings is 1. The van der Waals surface area contributed by atoms with Crippen LogP contribution in [-0.4, -0.2) is 15.0 Å². The molecule has 8 aromatic rings. The van der Waals surface area contributed by atoms with Gasteiger partial charge in [0, 0.05) is 60.0 Å². The van der Waals surface area contributed by atoms with Crippen molar-refractivity contribution in [3.63, 3.8) is 0 Å². The molecule has 0 saturated heterocycles. The Bertz CT molecular complexity index is 2360. The van der Waals surface area contributed by atoms with E-state index in [0.717, 1.165) is 66.6 Å². The van der Waals surface area contributed by atoms with Crippen LogP contribution in [0.5, 0.6) is 0 Å². The second kappa shape index (κ2) is 13.4. The summed E-state index contributed by atoms with van der Waals surface area (Å²) in [5, 5.41) is 4.42. The Balaban J connectivity index is 0.000000164. The monoisotopic (exact) mass is 788 g/mol. The summed E-state index contributed by atoms with van der Waals surface area (Å²) in [7, 11) is 0. The van der Waals surface area contributed by atoms with Gasteiger partial charge in [-0.1, -0.05) is 89.7 Å². The van der Waals surface area contributed by atoms with Crippen LogP contribution in [-0.2, 0) is 20.1 Å². The first-order chi connectivity index (χ1) is 22.4. The van der Waals surface area contributed by atoms with E-state index in [0.29, 0.717) is 0 Å². The molecule has 4 nitrogen and oxygen atoms in total. The Morgan fingerprint density at radius 3 is 2.15 bits per heavy atom. The molecule has 0 N–H and O–H groups in total. The molecular weight excluding hydrogens is 755 g/mol. The molecule has 233 valence electrons. The Kier molecular flexibility index (Phi) is 9.13. The number of aryl methyl sites for hydroxylation is 5. The molecule has 0 bridgehead atoms. The van der Waals surface area contributed by atoms with Crippen LogP contribution >= 0.6 is 0 Å². The third-order valence-electron chi connectivity index (χ3n) is 8.54. The zero-order chi connectivity index (χ0) is 31.8. The molecule has 0 aliphatic rings. The summed E-state index contributed by atoms with van der Waals surface area (Å²) in [4.78, 5) is 13.6. The number of aromatic nitrogens is 3. The zero-order valence-electron chi connectivity index (χ0n) is 27.0. The maximum absolute atomic E-state index is 6.36. The van der Waals surface area contributed by atoms with Crippen LogP contribution in [0.4, 0.5) is 0 Å². The molecule has 0 fully saturated rings. The number of hydrogen-bond acceptors (Lipinski definition) is 4. The molecule has 4 aromatic carbocycles. The van der Waals surface area contributed by atoms with E-state index < -0.39 is 0 Å². The number of nitrogens with zero attached hydrogens (tertiary/aromatic N) is 3. The number of fused-ring (bicyclic) bond motifs is 5. The molecule has 0 aliphatic heterocycles. The minimum absolute atomic E-state index is 0. The Hall–Kier alpha value is -4.96. The van der Waals surface area contributed by atoms with Crippen LogP contribution in [0.25, 0.3) is 66.4 Å². The molecule has 0 aliphatic carbocycles. The summed E-state index contributed by atoms with van der Waals surface area (Å²) in [6.07, 6.45) is 3.72. The summed E-state index contributed by atoms with van der Waals surface area (Å²) < 4.78 is 6.36.